The zero-order chi connectivity index (χ0) is 20.9. The van der Waals surface area contributed by atoms with Gasteiger partial charge in [-0.3, -0.25) is 4.79 Å². The van der Waals surface area contributed by atoms with E-state index in [1.165, 1.54) is 0 Å². The number of rotatable bonds is 8. The first-order valence-corrected chi connectivity index (χ1v) is 11.0. The third kappa shape index (κ3) is 6.38. The van der Waals surface area contributed by atoms with E-state index in [4.69, 9.17) is 27.9 Å². The van der Waals surface area contributed by atoms with Gasteiger partial charge in [0.2, 0.25) is 15.9 Å². The van der Waals surface area contributed by atoms with E-state index >= 15 is 0 Å². The Morgan fingerprint density at radius 3 is 2.32 bits per heavy atom. The SMILES string of the molecule is COc1ccc([C@H](C)NC(=O)CN(Cc2ccc(Cl)c(Cl)c2)S(C)(=O)=O)cc1. The fourth-order valence-corrected chi connectivity index (χ4v) is 3.61. The molecule has 0 aliphatic carbocycles. The molecule has 1 N–H and O–H groups in total. The van der Waals surface area contributed by atoms with Gasteiger partial charge in [-0.25, -0.2) is 8.42 Å². The normalized spacial score (nSPS) is 12.6. The average Bonchev–Trinajstić information content (AvgIpc) is 2.63. The summed E-state index contributed by atoms with van der Waals surface area (Å²) < 4.78 is 30.4. The second-order valence-electron chi connectivity index (χ2n) is 6.34. The van der Waals surface area contributed by atoms with E-state index in [1.54, 1.807) is 37.4 Å². The van der Waals surface area contributed by atoms with Crippen LogP contribution in [-0.2, 0) is 21.4 Å². The Balaban J connectivity index is 2.06. The van der Waals surface area contributed by atoms with Gasteiger partial charge in [0, 0.05) is 6.54 Å². The predicted octanol–water partition coefficient (Wildman–Crippen LogP) is 3.64. The molecule has 1 atom stereocenters. The summed E-state index contributed by atoms with van der Waals surface area (Å²) in [6.45, 7) is 1.53. The van der Waals surface area contributed by atoms with Crippen molar-refractivity contribution in [2.45, 2.75) is 19.5 Å². The van der Waals surface area contributed by atoms with Crippen molar-refractivity contribution in [3.63, 3.8) is 0 Å². The van der Waals surface area contributed by atoms with Crippen LogP contribution < -0.4 is 10.1 Å². The van der Waals surface area contributed by atoms with Crippen LogP contribution in [0.2, 0.25) is 10.0 Å². The summed E-state index contributed by atoms with van der Waals surface area (Å²) >= 11 is 11.9. The topological polar surface area (TPSA) is 75.7 Å². The Kier molecular flexibility index (Phi) is 7.71. The molecule has 6 nitrogen and oxygen atoms in total. The number of sulfonamides is 1. The Labute approximate surface area is 175 Å². The highest BCUT2D eigenvalue weighted by Crippen LogP contribution is 2.24. The van der Waals surface area contributed by atoms with Gasteiger partial charge in [-0.05, 0) is 42.3 Å². The molecule has 0 spiro atoms. The lowest BCUT2D eigenvalue weighted by Crippen LogP contribution is -2.40. The Hall–Kier alpha value is -1.80. The van der Waals surface area contributed by atoms with E-state index in [2.05, 4.69) is 5.32 Å². The van der Waals surface area contributed by atoms with E-state index in [-0.39, 0.29) is 19.1 Å². The molecular weight excluding hydrogens is 423 g/mol. The van der Waals surface area contributed by atoms with Gasteiger partial charge in [0.1, 0.15) is 5.75 Å². The first-order valence-electron chi connectivity index (χ1n) is 8.42. The fourth-order valence-electron chi connectivity index (χ4n) is 2.56. The van der Waals surface area contributed by atoms with Gasteiger partial charge in [0.15, 0.2) is 0 Å². The number of benzene rings is 2. The van der Waals surface area contributed by atoms with Crippen molar-refractivity contribution < 1.29 is 17.9 Å². The number of carbonyl (C=O) groups excluding carboxylic acids is 1. The lowest BCUT2D eigenvalue weighted by molar-refractivity contribution is -0.122. The summed E-state index contributed by atoms with van der Waals surface area (Å²) in [4.78, 5) is 12.4. The van der Waals surface area contributed by atoms with E-state index in [9.17, 15) is 13.2 Å². The van der Waals surface area contributed by atoms with E-state index in [1.807, 2.05) is 19.1 Å². The molecule has 0 heterocycles. The Morgan fingerprint density at radius 1 is 1.14 bits per heavy atom. The van der Waals surface area contributed by atoms with Crippen LogP contribution in [0, 0.1) is 0 Å². The highest BCUT2D eigenvalue weighted by Gasteiger charge is 2.22. The molecule has 0 aromatic heterocycles. The van der Waals surface area contributed by atoms with Crippen LogP contribution in [0.25, 0.3) is 0 Å². The lowest BCUT2D eigenvalue weighted by atomic mass is 10.1. The summed E-state index contributed by atoms with van der Waals surface area (Å²) in [5, 5.41) is 3.51. The molecule has 0 saturated heterocycles. The van der Waals surface area contributed by atoms with Crippen LogP contribution in [0.5, 0.6) is 5.75 Å². The van der Waals surface area contributed by atoms with Crippen LogP contribution >= 0.6 is 23.2 Å². The molecule has 2 aromatic carbocycles. The summed E-state index contributed by atoms with van der Waals surface area (Å²) in [6, 6.07) is 11.8. The summed E-state index contributed by atoms with van der Waals surface area (Å²) in [5.41, 5.74) is 1.51. The number of carbonyl (C=O) groups is 1. The molecule has 0 unspecified atom stereocenters. The molecule has 0 saturated carbocycles. The van der Waals surface area contributed by atoms with Gasteiger partial charge in [-0.1, -0.05) is 41.4 Å². The summed E-state index contributed by atoms with van der Waals surface area (Å²) in [7, 11) is -2.03. The maximum Gasteiger partial charge on any atom is 0.235 e. The number of hydrogen-bond donors (Lipinski definition) is 1. The third-order valence-electron chi connectivity index (χ3n) is 4.13. The van der Waals surface area contributed by atoms with Gasteiger partial charge >= 0.3 is 0 Å². The van der Waals surface area contributed by atoms with Crippen LogP contribution in [0.1, 0.15) is 24.1 Å². The molecular formula is C19H22Cl2N2O4S. The van der Waals surface area contributed by atoms with Crippen molar-refractivity contribution in [1.82, 2.24) is 9.62 Å². The number of amides is 1. The molecule has 0 radical (unpaired) electrons. The molecule has 2 rings (SSSR count). The van der Waals surface area contributed by atoms with Gasteiger partial charge in [-0.15, -0.1) is 0 Å². The van der Waals surface area contributed by atoms with Crippen LogP contribution in [0.15, 0.2) is 42.5 Å². The fraction of sp³-hybridized carbons (Fsp3) is 0.316. The minimum Gasteiger partial charge on any atom is -0.497 e. The average molecular weight is 445 g/mol. The molecule has 2 aromatic rings. The number of methoxy groups -OCH3 is 1. The molecule has 0 bridgehead atoms. The second kappa shape index (κ2) is 9.60. The molecule has 0 aliphatic rings. The third-order valence-corrected chi connectivity index (χ3v) is 6.06. The van der Waals surface area contributed by atoms with Gasteiger partial charge in [-0.2, -0.15) is 4.31 Å². The second-order valence-corrected chi connectivity index (χ2v) is 9.14. The number of hydrogen-bond acceptors (Lipinski definition) is 4. The van der Waals surface area contributed by atoms with Crippen LogP contribution in [0.4, 0.5) is 0 Å². The predicted molar refractivity (Wildman–Crippen MR) is 111 cm³/mol. The minimum absolute atomic E-state index is 0.0139. The first-order chi connectivity index (χ1) is 13.1. The molecule has 9 heteroatoms. The maximum absolute atomic E-state index is 12.4. The van der Waals surface area contributed by atoms with Crippen LogP contribution in [-0.4, -0.2) is 38.5 Å². The lowest BCUT2D eigenvalue weighted by Gasteiger charge is -2.21. The molecule has 28 heavy (non-hydrogen) atoms. The van der Waals surface area contributed by atoms with Gasteiger partial charge in [0.05, 0.1) is 36.0 Å². The number of nitrogens with one attached hydrogen (secondary N) is 1. The minimum atomic E-state index is -3.61. The number of nitrogens with zero attached hydrogens (tertiary/aromatic N) is 1. The van der Waals surface area contributed by atoms with Crippen molar-refractivity contribution in [3.05, 3.63) is 63.6 Å². The quantitative estimate of drug-likeness (QED) is 0.673. The van der Waals surface area contributed by atoms with Gasteiger partial charge in [0.25, 0.3) is 0 Å². The molecule has 152 valence electrons. The smallest absolute Gasteiger partial charge is 0.235 e. The van der Waals surface area contributed by atoms with Crippen molar-refractivity contribution in [2.75, 3.05) is 19.9 Å². The Bertz CT molecular complexity index is 933. The van der Waals surface area contributed by atoms with E-state index < -0.39 is 15.9 Å². The monoisotopic (exact) mass is 444 g/mol. The highest BCUT2D eigenvalue weighted by molar-refractivity contribution is 7.88. The first kappa shape index (κ1) is 22.5. The zero-order valence-electron chi connectivity index (χ0n) is 15.8. The number of halogens is 2. The summed E-state index contributed by atoms with van der Waals surface area (Å²) in [5.74, 6) is 0.306. The van der Waals surface area contributed by atoms with E-state index in [0.717, 1.165) is 16.1 Å². The largest absolute Gasteiger partial charge is 0.497 e. The van der Waals surface area contributed by atoms with Gasteiger partial charge < -0.3 is 10.1 Å². The molecule has 1 amide bonds. The van der Waals surface area contributed by atoms with Crippen molar-refractivity contribution in [3.8, 4) is 5.75 Å². The standard InChI is InChI=1S/C19H22Cl2N2O4S/c1-13(15-5-7-16(27-2)8-6-15)22-19(24)12-23(28(3,25)26)11-14-4-9-17(20)18(21)10-14/h4-10,13H,11-12H2,1-3H3,(H,22,24)/t13-/m0/s1. The maximum atomic E-state index is 12.4. The van der Waals surface area contributed by atoms with Crippen LogP contribution in [0.3, 0.4) is 0 Å². The zero-order valence-corrected chi connectivity index (χ0v) is 18.1. The highest BCUT2D eigenvalue weighted by atomic mass is 35.5. The van der Waals surface area contributed by atoms with Crippen molar-refractivity contribution in [2.24, 2.45) is 0 Å². The number of ether oxygens (including phenoxy) is 1. The molecule has 0 fully saturated rings. The van der Waals surface area contributed by atoms with E-state index in [0.29, 0.717) is 21.4 Å². The van der Waals surface area contributed by atoms with Crippen molar-refractivity contribution >= 4 is 39.1 Å². The molecule has 0 aliphatic heterocycles. The Morgan fingerprint density at radius 2 is 1.79 bits per heavy atom. The van der Waals surface area contributed by atoms with Crippen molar-refractivity contribution in [1.29, 1.82) is 0 Å². The summed E-state index contributed by atoms with van der Waals surface area (Å²) in [6.07, 6.45) is 1.06.